The van der Waals surface area contributed by atoms with E-state index in [1.807, 2.05) is 6.07 Å². The van der Waals surface area contributed by atoms with Gasteiger partial charge in [-0.1, -0.05) is 12.1 Å². The largest absolute Gasteiger partial charge is 0.450 e. The smallest absolute Gasteiger partial charge is 0.312 e. The third-order valence-corrected chi connectivity index (χ3v) is 2.75. The maximum absolute atomic E-state index is 11.0. The predicted molar refractivity (Wildman–Crippen MR) is 74.3 cm³/mol. The van der Waals surface area contributed by atoms with E-state index in [1.54, 1.807) is 24.3 Å². The summed E-state index contributed by atoms with van der Waals surface area (Å²) in [5.41, 5.74) is 0.759. The number of nitrogens with zero attached hydrogens (tertiary/aromatic N) is 2. The highest BCUT2D eigenvalue weighted by atomic mass is 16.6. The minimum Gasteiger partial charge on any atom is -0.450 e. The Balaban J connectivity index is 2.28. The first kappa shape index (κ1) is 14.2. The lowest BCUT2D eigenvalue weighted by Crippen LogP contribution is -1.95. The maximum atomic E-state index is 11.0. The van der Waals surface area contributed by atoms with Crippen LogP contribution in [0, 0.1) is 21.4 Å². The first-order chi connectivity index (χ1) is 10.1. The van der Waals surface area contributed by atoms with E-state index in [0.717, 1.165) is 11.6 Å². The van der Waals surface area contributed by atoms with Gasteiger partial charge in [0, 0.05) is 11.6 Å². The highest BCUT2D eigenvalue weighted by Crippen LogP contribution is 2.31. The molecule has 0 spiro atoms. The molecule has 0 aliphatic heterocycles. The second kappa shape index (κ2) is 6.30. The van der Waals surface area contributed by atoms with Crippen LogP contribution >= 0.6 is 0 Å². The molecule has 6 nitrogen and oxygen atoms in total. The molecule has 0 unspecified atom stereocenters. The summed E-state index contributed by atoms with van der Waals surface area (Å²) in [6.45, 7) is 0. The van der Waals surface area contributed by atoms with Gasteiger partial charge in [0.1, 0.15) is 12.0 Å². The van der Waals surface area contributed by atoms with Gasteiger partial charge in [0.25, 0.3) is 0 Å². The SMILES string of the molecule is N#CCc1ccc(Oc2ccc(C=O)cc2[N+](=O)[O-])cc1. The van der Waals surface area contributed by atoms with Crippen LogP contribution in [0.1, 0.15) is 15.9 Å². The zero-order valence-corrected chi connectivity index (χ0v) is 10.9. The summed E-state index contributed by atoms with van der Waals surface area (Å²) in [6, 6.07) is 12.7. The molecule has 0 bridgehead atoms. The van der Waals surface area contributed by atoms with E-state index in [-0.39, 0.29) is 23.4 Å². The lowest BCUT2D eigenvalue weighted by molar-refractivity contribution is -0.385. The van der Waals surface area contributed by atoms with Gasteiger partial charge < -0.3 is 4.74 Å². The summed E-state index contributed by atoms with van der Waals surface area (Å²) < 4.78 is 5.46. The van der Waals surface area contributed by atoms with Gasteiger partial charge in [-0.15, -0.1) is 0 Å². The van der Waals surface area contributed by atoms with Gasteiger partial charge >= 0.3 is 5.69 Å². The summed E-state index contributed by atoms with van der Waals surface area (Å²) >= 11 is 0. The Morgan fingerprint density at radius 1 is 1.24 bits per heavy atom. The first-order valence-corrected chi connectivity index (χ1v) is 6.01. The van der Waals surface area contributed by atoms with E-state index in [2.05, 4.69) is 0 Å². The molecule has 2 aromatic rings. The van der Waals surface area contributed by atoms with Crippen molar-refractivity contribution < 1.29 is 14.5 Å². The number of nitro groups is 1. The molecule has 6 heteroatoms. The van der Waals surface area contributed by atoms with Crippen LogP contribution in [-0.4, -0.2) is 11.2 Å². The third-order valence-electron chi connectivity index (χ3n) is 2.75. The van der Waals surface area contributed by atoms with Crippen LogP contribution in [0.15, 0.2) is 42.5 Å². The van der Waals surface area contributed by atoms with Crippen molar-refractivity contribution in [1.29, 1.82) is 5.26 Å². The maximum Gasteiger partial charge on any atom is 0.312 e. The fourth-order valence-electron chi connectivity index (χ4n) is 1.73. The number of hydrogen-bond donors (Lipinski definition) is 0. The Kier molecular flexibility index (Phi) is 4.26. The van der Waals surface area contributed by atoms with Crippen LogP contribution < -0.4 is 4.74 Å². The van der Waals surface area contributed by atoms with Crippen molar-refractivity contribution in [3.8, 4) is 17.6 Å². The Bertz CT molecular complexity index is 717. The molecule has 0 aromatic heterocycles. The van der Waals surface area contributed by atoms with Gasteiger partial charge in [0.15, 0.2) is 0 Å². The molecule has 0 amide bonds. The Labute approximate surface area is 120 Å². The second-order valence-corrected chi connectivity index (χ2v) is 4.18. The average Bonchev–Trinajstić information content (AvgIpc) is 2.49. The monoisotopic (exact) mass is 282 g/mol. The number of aldehydes is 1. The van der Waals surface area contributed by atoms with Crippen LogP contribution in [-0.2, 0) is 6.42 Å². The van der Waals surface area contributed by atoms with Crippen LogP contribution in [0.5, 0.6) is 11.5 Å². The molecule has 2 aromatic carbocycles. The Morgan fingerprint density at radius 2 is 1.95 bits per heavy atom. The van der Waals surface area contributed by atoms with Crippen molar-refractivity contribution in [2.75, 3.05) is 0 Å². The third kappa shape index (κ3) is 3.42. The van der Waals surface area contributed by atoms with Crippen molar-refractivity contribution >= 4 is 12.0 Å². The molecular weight excluding hydrogens is 272 g/mol. The molecule has 0 N–H and O–H groups in total. The van der Waals surface area contributed by atoms with Crippen LogP contribution in [0.3, 0.4) is 0 Å². The predicted octanol–water partition coefficient (Wildman–Crippen LogP) is 3.27. The summed E-state index contributed by atoms with van der Waals surface area (Å²) in [6.07, 6.45) is 0.821. The van der Waals surface area contributed by atoms with E-state index in [4.69, 9.17) is 10.00 Å². The van der Waals surface area contributed by atoms with Crippen LogP contribution in [0.2, 0.25) is 0 Å². The highest BCUT2D eigenvalue weighted by molar-refractivity contribution is 5.77. The van der Waals surface area contributed by atoms with E-state index in [1.165, 1.54) is 12.1 Å². The molecule has 0 saturated carbocycles. The quantitative estimate of drug-likeness (QED) is 0.476. The molecule has 0 heterocycles. The van der Waals surface area contributed by atoms with Gasteiger partial charge in [0.05, 0.1) is 17.4 Å². The lowest BCUT2D eigenvalue weighted by atomic mass is 10.1. The molecule has 0 saturated heterocycles. The molecule has 2 rings (SSSR count). The van der Waals surface area contributed by atoms with E-state index < -0.39 is 4.92 Å². The van der Waals surface area contributed by atoms with E-state index >= 15 is 0 Å². The normalized spacial score (nSPS) is 9.67. The minimum absolute atomic E-state index is 0.0543. The number of carbonyl (C=O) groups excluding carboxylic acids is 1. The molecule has 104 valence electrons. The molecule has 0 fully saturated rings. The minimum atomic E-state index is -0.605. The molecule has 0 atom stereocenters. The summed E-state index contributed by atoms with van der Waals surface area (Å²) in [7, 11) is 0. The zero-order valence-electron chi connectivity index (χ0n) is 10.9. The van der Waals surface area contributed by atoms with Gasteiger partial charge in [-0.2, -0.15) is 5.26 Å². The number of ether oxygens (including phenoxy) is 1. The van der Waals surface area contributed by atoms with Crippen molar-refractivity contribution in [3.63, 3.8) is 0 Å². The first-order valence-electron chi connectivity index (χ1n) is 6.01. The number of nitriles is 1. The van der Waals surface area contributed by atoms with Crippen LogP contribution in [0.25, 0.3) is 0 Å². The number of benzene rings is 2. The van der Waals surface area contributed by atoms with Crippen molar-refractivity contribution in [2.24, 2.45) is 0 Å². The van der Waals surface area contributed by atoms with Crippen molar-refractivity contribution in [2.45, 2.75) is 6.42 Å². The number of hydrogen-bond acceptors (Lipinski definition) is 5. The fourth-order valence-corrected chi connectivity index (χ4v) is 1.73. The van der Waals surface area contributed by atoms with Crippen molar-refractivity contribution in [3.05, 3.63) is 63.7 Å². The summed E-state index contributed by atoms with van der Waals surface area (Å²) in [5.74, 6) is 0.470. The van der Waals surface area contributed by atoms with Crippen molar-refractivity contribution in [1.82, 2.24) is 0 Å². The van der Waals surface area contributed by atoms with Crippen LogP contribution in [0.4, 0.5) is 5.69 Å². The molecule has 0 aliphatic carbocycles. The average molecular weight is 282 g/mol. The van der Waals surface area contributed by atoms with Gasteiger partial charge in [-0.25, -0.2) is 0 Å². The van der Waals surface area contributed by atoms with Gasteiger partial charge in [-0.3, -0.25) is 14.9 Å². The molecule has 21 heavy (non-hydrogen) atoms. The van der Waals surface area contributed by atoms with E-state index in [9.17, 15) is 14.9 Å². The fraction of sp³-hybridized carbons (Fsp3) is 0.0667. The number of rotatable bonds is 5. The number of nitro benzene ring substituents is 1. The molecular formula is C15H10N2O4. The zero-order chi connectivity index (χ0) is 15.2. The van der Waals surface area contributed by atoms with Gasteiger partial charge in [-0.05, 0) is 29.8 Å². The number of carbonyl (C=O) groups is 1. The summed E-state index contributed by atoms with van der Waals surface area (Å²) in [5, 5.41) is 19.6. The van der Waals surface area contributed by atoms with E-state index in [0.29, 0.717) is 12.0 Å². The lowest BCUT2D eigenvalue weighted by Gasteiger charge is -2.07. The molecule has 0 aliphatic rings. The Hall–Kier alpha value is -3.20. The summed E-state index contributed by atoms with van der Waals surface area (Å²) in [4.78, 5) is 21.0. The molecule has 0 radical (unpaired) electrons. The topological polar surface area (TPSA) is 93.2 Å². The highest BCUT2D eigenvalue weighted by Gasteiger charge is 2.16. The standard InChI is InChI=1S/C15H10N2O4/c16-8-7-11-1-4-13(5-2-11)21-15-6-3-12(10-18)9-14(15)17(19)20/h1-6,9-10H,7H2. The van der Waals surface area contributed by atoms with Gasteiger partial charge in [0.2, 0.25) is 5.75 Å². The second-order valence-electron chi connectivity index (χ2n) is 4.18. The Morgan fingerprint density at radius 3 is 2.52 bits per heavy atom.